The van der Waals surface area contributed by atoms with Crippen molar-refractivity contribution in [3.63, 3.8) is 0 Å². The van der Waals surface area contributed by atoms with Crippen molar-refractivity contribution in [2.45, 2.75) is 13.8 Å². The fraction of sp³-hybridized carbons (Fsp3) is 0.111. The Morgan fingerprint density at radius 3 is 2.23 bits per heavy atom. The number of hydrogen-bond donors (Lipinski definition) is 1. The molecule has 0 amide bonds. The Morgan fingerprint density at radius 2 is 1.59 bits per heavy atom. The molecule has 0 aliphatic heterocycles. The number of nitrogens with two attached hydrogens (primary N) is 1. The Bertz CT molecular complexity index is 865. The lowest BCUT2D eigenvalue weighted by Crippen LogP contribution is -2.21. The molecule has 110 valence electrons. The zero-order valence-electron chi connectivity index (χ0n) is 12.6. The molecule has 0 atom stereocenters. The van der Waals surface area contributed by atoms with Crippen molar-refractivity contribution in [1.29, 1.82) is 0 Å². The van der Waals surface area contributed by atoms with E-state index in [0.29, 0.717) is 17.1 Å². The van der Waals surface area contributed by atoms with E-state index < -0.39 is 0 Å². The number of aromatic nitrogens is 2. The van der Waals surface area contributed by atoms with Gasteiger partial charge >= 0.3 is 0 Å². The minimum atomic E-state index is -0.132. The van der Waals surface area contributed by atoms with Crippen molar-refractivity contribution in [3.05, 3.63) is 76.1 Å². The number of aryl methyl sites for hydroxylation is 2. The predicted octanol–water partition coefficient (Wildman–Crippen LogP) is 3.10. The summed E-state index contributed by atoms with van der Waals surface area (Å²) in [6.07, 6.45) is 0. The minimum absolute atomic E-state index is 0.132. The fourth-order valence-corrected chi connectivity index (χ4v) is 2.42. The second kappa shape index (κ2) is 5.48. The summed E-state index contributed by atoms with van der Waals surface area (Å²) < 4.78 is 1.62. The van der Waals surface area contributed by atoms with Crippen LogP contribution in [-0.4, -0.2) is 9.78 Å². The lowest BCUT2D eigenvalue weighted by molar-refractivity contribution is 0.824. The molecule has 4 heteroatoms. The molecule has 2 aromatic carbocycles. The second-order valence-corrected chi connectivity index (χ2v) is 5.29. The van der Waals surface area contributed by atoms with Crippen molar-refractivity contribution in [1.82, 2.24) is 9.78 Å². The quantitative estimate of drug-likeness (QED) is 0.789. The fourth-order valence-electron chi connectivity index (χ4n) is 2.42. The van der Waals surface area contributed by atoms with Crippen molar-refractivity contribution < 1.29 is 0 Å². The van der Waals surface area contributed by atoms with E-state index in [2.05, 4.69) is 5.10 Å². The van der Waals surface area contributed by atoms with Gasteiger partial charge in [0.1, 0.15) is 11.5 Å². The highest BCUT2D eigenvalue weighted by Crippen LogP contribution is 2.24. The molecule has 2 N–H and O–H groups in total. The maximum atomic E-state index is 12.5. The second-order valence-electron chi connectivity index (χ2n) is 5.29. The summed E-state index contributed by atoms with van der Waals surface area (Å²) in [6, 6.07) is 17.3. The average Bonchev–Trinajstić information content (AvgIpc) is 2.53. The third-order valence-corrected chi connectivity index (χ3v) is 3.63. The highest BCUT2D eigenvalue weighted by atomic mass is 16.1. The summed E-state index contributed by atoms with van der Waals surface area (Å²) in [5, 5.41) is 4.34. The van der Waals surface area contributed by atoms with Gasteiger partial charge < -0.3 is 5.73 Å². The summed E-state index contributed by atoms with van der Waals surface area (Å²) in [4.78, 5) is 12.5. The summed E-state index contributed by atoms with van der Waals surface area (Å²) in [5.74, 6) is 0.352. The molecule has 3 aromatic rings. The summed E-state index contributed by atoms with van der Waals surface area (Å²) in [5.41, 5.74) is 9.84. The van der Waals surface area contributed by atoms with E-state index in [1.54, 1.807) is 11.6 Å². The number of nitrogen functional groups attached to an aromatic ring is 1. The first kappa shape index (κ1) is 14.1. The Balaban J connectivity index is 2.28. The van der Waals surface area contributed by atoms with Crippen LogP contribution >= 0.6 is 0 Å². The standard InChI is InChI=1S/C18H17N3O/c1-12-8-10-15(11-9-12)21-18(19)16(17(22)13(2)20-21)14-6-4-3-5-7-14/h3-11H,19H2,1-2H3. The third-order valence-electron chi connectivity index (χ3n) is 3.63. The molecular weight excluding hydrogens is 274 g/mol. The molecule has 0 aliphatic carbocycles. The molecule has 0 unspecified atom stereocenters. The number of hydrogen-bond acceptors (Lipinski definition) is 3. The van der Waals surface area contributed by atoms with Crippen molar-refractivity contribution in [2.75, 3.05) is 5.73 Å². The zero-order chi connectivity index (χ0) is 15.7. The largest absolute Gasteiger partial charge is 0.383 e. The van der Waals surface area contributed by atoms with Gasteiger partial charge in [-0.3, -0.25) is 4.79 Å². The van der Waals surface area contributed by atoms with Gasteiger partial charge in [0.25, 0.3) is 0 Å². The van der Waals surface area contributed by atoms with E-state index in [9.17, 15) is 4.79 Å². The lowest BCUT2D eigenvalue weighted by atomic mass is 10.1. The molecule has 1 aromatic heterocycles. The van der Waals surface area contributed by atoms with Crippen LogP contribution in [0.2, 0.25) is 0 Å². The Hall–Kier alpha value is -2.88. The molecule has 0 radical (unpaired) electrons. The van der Waals surface area contributed by atoms with Gasteiger partial charge in [0, 0.05) is 0 Å². The molecule has 3 rings (SSSR count). The molecule has 0 saturated heterocycles. The van der Waals surface area contributed by atoms with E-state index in [0.717, 1.165) is 16.8 Å². The van der Waals surface area contributed by atoms with Gasteiger partial charge in [0.15, 0.2) is 0 Å². The molecule has 0 fully saturated rings. The third kappa shape index (κ3) is 2.39. The summed E-state index contributed by atoms with van der Waals surface area (Å²) in [6.45, 7) is 3.73. The van der Waals surface area contributed by atoms with Crippen LogP contribution in [0.3, 0.4) is 0 Å². The van der Waals surface area contributed by atoms with Crippen LogP contribution in [-0.2, 0) is 0 Å². The van der Waals surface area contributed by atoms with Gasteiger partial charge in [-0.1, -0.05) is 48.0 Å². The van der Waals surface area contributed by atoms with Gasteiger partial charge in [-0.15, -0.1) is 0 Å². The van der Waals surface area contributed by atoms with Gasteiger partial charge in [-0.25, -0.2) is 4.68 Å². The molecule has 0 saturated carbocycles. The predicted molar refractivity (Wildman–Crippen MR) is 89.2 cm³/mol. The molecular formula is C18H17N3O. The van der Waals surface area contributed by atoms with Gasteiger partial charge in [0.05, 0.1) is 11.3 Å². The van der Waals surface area contributed by atoms with E-state index >= 15 is 0 Å². The van der Waals surface area contributed by atoms with Crippen molar-refractivity contribution in [3.8, 4) is 16.8 Å². The smallest absolute Gasteiger partial charge is 0.213 e. The van der Waals surface area contributed by atoms with E-state index in [1.807, 2.05) is 61.5 Å². The molecule has 22 heavy (non-hydrogen) atoms. The number of benzene rings is 2. The normalized spacial score (nSPS) is 10.6. The van der Waals surface area contributed by atoms with Crippen molar-refractivity contribution >= 4 is 5.82 Å². The van der Waals surface area contributed by atoms with Crippen LogP contribution in [0.5, 0.6) is 0 Å². The van der Waals surface area contributed by atoms with Gasteiger partial charge in [0.2, 0.25) is 5.43 Å². The average molecular weight is 291 g/mol. The Kier molecular flexibility index (Phi) is 3.51. The van der Waals surface area contributed by atoms with Crippen LogP contribution in [0.4, 0.5) is 5.82 Å². The maximum absolute atomic E-state index is 12.5. The first-order valence-electron chi connectivity index (χ1n) is 7.10. The molecule has 1 heterocycles. The number of anilines is 1. The van der Waals surface area contributed by atoms with E-state index in [-0.39, 0.29) is 5.43 Å². The Morgan fingerprint density at radius 1 is 0.955 bits per heavy atom. The summed E-state index contributed by atoms with van der Waals surface area (Å²) >= 11 is 0. The Labute approximate surface area is 128 Å². The van der Waals surface area contributed by atoms with Crippen LogP contribution in [0.1, 0.15) is 11.3 Å². The monoisotopic (exact) mass is 291 g/mol. The minimum Gasteiger partial charge on any atom is -0.383 e. The van der Waals surface area contributed by atoms with Crippen molar-refractivity contribution in [2.24, 2.45) is 0 Å². The molecule has 0 aliphatic rings. The van der Waals surface area contributed by atoms with E-state index in [1.165, 1.54) is 0 Å². The molecule has 0 spiro atoms. The zero-order valence-corrected chi connectivity index (χ0v) is 12.6. The molecule has 0 bridgehead atoms. The van der Waals surface area contributed by atoms with Gasteiger partial charge in [-0.05, 0) is 31.5 Å². The highest BCUT2D eigenvalue weighted by Gasteiger charge is 2.15. The first-order valence-corrected chi connectivity index (χ1v) is 7.10. The number of rotatable bonds is 2. The van der Waals surface area contributed by atoms with Crippen LogP contribution in [0.25, 0.3) is 16.8 Å². The van der Waals surface area contributed by atoms with Crippen LogP contribution in [0, 0.1) is 13.8 Å². The summed E-state index contributed by atoms with van der Waals surface area (Å²) in [7, 11) is 0. The lowest BCUT2D eigenvalue weighted by Gasteiger charge is -2.14. The molecule has 4 nitrogen and oxygen atoms in total. The van der Waals surface area contributed by atoms with Crippen LogP contribution < -0.4 is 11.2 Å². The van der Waals surface area contributed by atoms with Gasteiger partial charge in [-0.2, -0.15) is 5.10 Å². The maximum Gasteiger partial charge on any atom is 0.213 e. The van der Waals surface area contributed by atoms with E-state index in [4.69, 9.17) is 5.73 Å². The number of nitrogens with zero attached hydrogens (tertiary/aromatic N) is 2. The highest BCUT2D eigenvalue weighted by molar-refractivity contribution is 5.74. The SMILES string of the molecule is Cc1ccc(-n2nc(C)c(=O)c(-c3ccccc3)c2N)cc1. The topological polar surface area (TPSA) is 60.9 Å². The van der Waals surface area contributed by atoms with Crippen LogP contribution in [0.15, 0.2) is 59.4 Å². The first-order chi connectivity index (χ1) is 10.6.